The molecule has 0 aromatic heterocycles. The summed E-state index contributed by atoms with van der Waals surface area (Å²) in [5.74, 6) is -1.22. The van der Waals surface area contributed by atoms with Crippen LogP contribution in [0.5, 0.6) is 0 Å². The van der Waals surface area contributed by atoms with E-state index < -0.39 is 22.2 Å². The average molecular weight is 198 g/mol. The summed E-state index contributed by atoms with van der Waals surface area (Å²) < 4.78 is 0. The first kappa shape index (κ1) is 11.2. The summed E-state index contributed by atoms with van der Waals surface area (Å²) in [6, 6.07) is 0. The molecule has 1 aliphatic rings. The Labute approximate surface area is 84.5 Å². The fourth-order valence-electron chi connectivity index (χ4n) is 3.24. The van der Waals surface area contributed by atoms with Gasteiger partial charge in [-0.25, -0.2) is 0 Å². The van der Waals surface area contributed by atoms with E-state index in [-0.39, 0.29) is 5.92 Å². The van der Waals surface area contributed by atoms with Crippen molar-refractivity contribution >= 4 is 12.3 Å². The average Bonchev–Trinajstić information content (AvgIpc) is 2.46. The Kier molecular flexibility index (Phi) is 2.07. The number of hydrogen-bond acceptors (Lipinski definition) is 2. The van der Waals surface area contributed by atoms with Crippen molar-refractivity contribution in [1.82, 2.24) is 0 Å². The summed E-state index contributed by atoms with van der Waals surface area (Å²) in [4.78, 5) is 22.2. The van der Waals surface area contributed by atoms with Gasteiger partial charge in [0, 0.05) is 5.92 Å². The number of carbonyl (C=O) groups is 2. The first-order chi connectivity index (χ1) is 6.14. The minimum atomic E-state index is -0.901. The number of aldehydes is 1. The number of rotatable bonds is 2. The summed E-state index contributed by atoms with van der Waals surface area (Å²) in [6.45, 7) is 9.35. The van der Waals surface area contributed by atoms with E-state index in [4.69, 9.17) is 0 Å². The van der Waals surface area contributed by atoms with Crippen molar-refractivity contribution < 1.29 is 14.7 Å². The monoisotopic (exact) mass is 198 g/mol. The van der Waals surface area contributed by atoms with Gasteiger partial charge < -0.3 is 9.90 Å². The van der Waals surface area contributed by atoms with Crippen LogP contribution >= 0.6 is 0 Å². The molecular weight excluding hydrogens is 180 g/mol. The minimum Gasteiger partial charge on any atom is -0.481 e. The van der Waals surface area contributed by atoms with E-state index in [9.17, 15) is 14.7 Å². The molecule has 0 spiro atoms. The second-order valence-electron chi connectivity index (χ2n) is 5.70. The molecule has 2 atom stereocenters. The molecule has 0 bridgehead atoms. The summed E-state index contributed by atoms with van der Waals surface area (Å²) in [5.41, 5.74) is -1.73. The lowest BCUT2D eigenvalue weighted by atomic mass is 9.72. The topological polar surface area (TPSA) is 54.4 Å². The van der Waals surface area contributed by atoms with E-state index >= 15 is 0 Å². The van der Waals surface area contributed by atoms with Crippen molar-refractivity contribution in [2.24, 2.45) is 22.2 Å². The highest BCUT2D eigenvalue weighted by Gasteiger charge is 2.80. The Morgan fingerprint density at radius 2 is 1.79 bits per heavy atom. The van der Waals surface area contributed by atoms with Gasteiger partial charge in [0.05, 0.1) is 5.41 Å². The van der Waals surface area contributed by atoms with Crippen molar-refractivity contribution in [2.75, 3.05) is 0 Å². The van der Waals surface area contributed by atoms with Crippen LogP contribution in [0.15, 0.2) is 0 Å². The molecule has 2 unspecified atom stereocenters. The third-order valence-electron chi connectivity index (χ3n) is 3.83. The zero-order valence-electron chi connectivity index (χ0n) is 9.42. The third-order valence-corrected chi connectivity index (χ3v) is 3.83. The molecule has 0 saturated heterocycles. The zero-order chi connectivity index (χ0) is 11.4. The van der Waals surface area contributed by atoms with Gasteiger partial charge in [-0.3, -0.25) is 4.79 Å². The molecule has 0 amide bonds. The fourth-order valence-corrected chi connectivity index (χ4v) is 3.24. The molecule has 3 heteroatoms. The fraction of sp³-hybridized carbons (Fsp3) is 0.818. The normalized spacial score (nSPS) is 35.1. The van der Waals surface area contributed by atoms with E-state index in [0.717, 1.165) is 6.29 Å². The van der Waals surface area contributed by atoms with Crippen molar-refractivity contribution in [2.45, 2.75) is 34.6 Å². The predicted octanol–water partition coefficient (Wildman–Crippen LogP) is 1.96. The molecule has 1 fully saturated rings. The highest BCUT2D eigenvalue weighted by molar-refractivity contribution is 5.88. The van der Waals surface area contributed by atoms with Gasteiger partial charge in [0.1, 0.15) is 6.29 Å². The largest absolute Gasteiger partial charge is 0.481 e. The number of carbonyl (C=O) groups excluding carboxylic acids is 1. The van der Waals surface area contributed by atoms with E-state index in [2.05, 4.69) is 0 Å². The molecule has 0 aromatic rings. The van der Waals surface area contributed by atoms with Crippen LogP contribution in [0, 0.1) is 22.2 Å². The smallest absolute Gasteiger partial charge is 0.311 e. The van der Waals surface area contributed by atoms with E-state index in [1.165, 1.54) is 0 Å². The van der Waals surface area contributed by atoms with Crippen LogP contribution in [0.3, 0.4) is 0 Å². The molecule has 0 aliphatic heterocycles. The van der Waals surface area contributed by atoms with Gasteiger partial charge in [-0.2, -0.15) is 0 Å². The van der Waals surface area contributed by atoms with E-state index in [1.807, 2.05) is 34.6 Å². The van der Waals surface area contributed by atoms with Crippen molar-refractivity contribution in [3.63, 3.8) is 0 Å². The van der Waals surface area contributed by atoms with Crippen LogP contribution in [0.25, 0.3) is 0 Å². The molecule has 14 heavy (non-hydrogen) atoms. The Balaban J connectivity index is 3.25. The van der Waals surface area contributed by atoms with Crippen molar-refractivity contribution in [1.29, 1.82) is 0 Å². The third kappa shape index (κ3) is 0.928. The quantitative estimate of drug-likeness (QED) is 0.690. The number of hydrogen-bond donors (Lipinski definition) is 1. The molecule has 0 heterocycles. The zero-order valence-corrected chi connectivity index (χ0v) is 9.42. The predicted molar refractivity (Wildman–Crippen MR) is 52.9 cm³/mol. The number of aliphatic carboxylic acids is 1. The summed E-state index contributed by atoms with van der Waals surface area (Å²) in [6.07, 6.45) is 0.791. The first-order valence-corrected chi connectivity index (χ1v) is 4.82. The second-order valence-corrected chi connectivity index (χ2v) is 5.70. The van der Waals surface area contributed by atoms with Crippen LogP contribution in [0.1, 0.15) is 34.6 Å². The SMILES string of the molecule is CC(C)(C)C1(C(=O)O)C(C=O)C1(C)C. The molecule has 80 valence electrons. The van der Waals surface area contributed by atoms with Crippen LogP contribution < -0.4 is 0 Å². The molecule has 0 radical (unpaired) electrons. The minimum absolute atomic E-state index is 0.368. The highest BCUT2D eigenvalue weighted by Crippen LogP contribution is 2.75. The summed E-state index contributed by atoms with van der Waals surface area (Å²) in [7, 11) is 0. The maximum atomic E-state index is 11.4. The van der Waals surface area contributed by atoms with Crippen molar-refractivity contribution in [3.8, 4) is 0 Å². The summed E-state index contributed by atoms with van der Waals surface area (Å²) in [5, 5.41) is 9.32. The molecular formula is C11H18O3. The molecule has 1 saturated carbocycles. The first-order valence-electron chi connectivity index (χ1n) is 4.82. The molecule has 1 aliphatic carbocycles. The van der Waals surface area contributed by atoms with E-state index in [1.54, 1.807) is 0 Å². The van der Waals surface area contributed by atoms with Gasteiger partial charge >= 0.3 is 5.97 Å². The van der Waals surface area contributed by atoms with Crippen LogP contribution in [0.2, 0.25) is 0 Å². The van der Waals surface area contributed by atoms with Crippen LogP contribution in [-0.4, -0.2) is 17.4 Å². The lowest BCUT2D eigenvalue weighted by molar-refractivity contribution is -0.151. The number of carboxylic acids is 1. The molecule has 1 rings (SSSR count). The van der Waals surface area contributed by atoms with Gasteiger partial charge in [-0.1, -0.05) is 34.6 Å². The maximum absolute atomic E-state index is 11.4. The van der Waals surface area contributed by atoms with Gasteiger partial charge in [0.25, 0.3) is 0 Å². The van der Waals surface area contributed by atoms with Crippen LogP contribution in [-0.2, 0) is 9.59 Å². The lowest BCUT2D eigenvalue weighted by Crippen LogP contribution is -2.35. The van der Waals surface area contributed by atoms with Gasteiger partial charge in [0.15, 0.2) is 0 Å². The molecule has 0 aromatic carbocycles. The van der Waals surface area contributed by atoms with Gasteiger partial charge in [-0.05, 0) is 10.8 Å². The Hall–Kier alpha value is -0.860. The van der Waals surface area contributed by atoms with Crippen molar-refractivity contribution in [3.05, 3.63) is 0 Å². The Bertz CT molecular complexity index is 285. The lowest BCUT2D eigenvalue weighted by Gasteiger charge is -2.30. The highest BCUT2D eigenvalue weighted by atomic mass is 16.4. The summed E-state index contributed by atoms with van der Waals surface area (Å²) >= 11 is 0. The standard InChI is InChI=1S/C11H18O3/c1-9(2,3)11(8(13)14)7(6-12)10(11,4)5/h6-7H,1-5H3,(H,13,14). The molecule has 1 N–H and O–H groups in total. The Morgan fingerprint density at radius 1 is 1.36 bits per heavy atom. The maximum Gasteiger partial charge on any atom is 0.311 e. The second kappa shape index (κ2) is 2.59. The Morgan fingerprint density at radius 3 is 1.86 bits per heavy atom. The van der Waals surface area contributed by atoms with Gasteiger partial charge in [0.2, 0.25) is 0 Å². The van der Waals surface area contributed by atoms with E-state index in [0.29, 0.717) is 0 Å². The number of carboxylic acid groups (broad SMARTS) is 1. The van der Waals surface area contributed by atoms with Crippen LogP contribution in [0.4, 0.5) is 0 Å². The van der Waals surface area contributed by atoms with Gasteiger partial charge in [-0.15, -0.1) is 0 Å². The molecule has 3 nitrogen and oxygen atoms in total.